The molecule has 2 N–H and O–H groups in total. The molecule has 11 heteroatoms. The Hall–Kier alpha value is -2.76. The van der Waals surface area contributed by atoms with Crippen LogP contribution in [0, 0.1) is 5.92 Å². The van der Waals surface area contributed by atoms with Crippen LogP contribution in [0.2, 0.25) is 0 Å². The van der Waals surface area contributed by atoms with E-state index in [1.54, 1.807) is 41.8 Å². The minimum Gasteiger partial charge on any atom is -0.326 e. The highest BCUT2D eigenvalue weighted by Crippen LogP contribution is 2.27. The maximum atomic E-state index is 12.8. The van der Waals surface area contributed by atoms with Crippen LogP contribution in [0.4, 0.5) is 5.69 Å². The molecule has 0 aliphatic carbocycles. The number of piperidine rings is 1. The van der Waals surface area contributed by atoms with Gasteiger partial charge in [0.2, 0.25) is 5.91 Å². The third kappa shape index (κ3) is 4.16. The lowest BCUT2D eigenvalue weighted by Gasteiger charge is -2.30. The van der Waals surface area contributed by atoms with Crippen LogP contribution >= 0.6 is 11.3 Å². The number of amides is 1. The summed E-state index contributed by atoms with van der Waals surface area (Å²) in [4.78, 5) is 26.3. The molecule has 1 fully saturated rings. The number of aromatic amines is 1. The van der Waals surface area contributed by atoms with Crippen molar-refractivity contribution in [3.05, 3.63) is 52.3 Å². The zero-order valence-electron chi connectivity index (χ0n) is 15.2. The van der Waals surface area contributed by atoms with Crippen molar-refractivity contribution >= 4 is 33.0 Å². The quantitative estimate of drug-likeness (QED) is 0.634. The molecule has 0 radical (unpaired) electrons. The van der Waals surface area contributed by atoms with E-state index in [1.165, 1.54) is 15.6 Å². The first-order valence-electron chi connectivity index (χ1n) is 8.94. The number of sulfonamides is 1. The molecule has 29 heavy (non-hydrogen) atoms. The van der Waals surface area contributed by atoms with Gasteiger partial charge in [-0.1, -0.05) is 23.4 Å². The first-order chi connectivity index (χ1) is 13.9. The van der Waals surface area contributed by atoms with Crippen LogP contribution in [0.15, 0.2) is 55.3 Å². The van der Waals surface area contributed by atoms with Crippen molar-refractivity contribution in [2.75, 3.05) is 18.4 Å². The molecule has 1 aliphatic heterocycles. The van der Waals surface area contributed by atoms with E-state index in [4.69, 9.17) is 0 Å². The molecule has 2 aromatic heterocycles. The lowest BCUT2D eigenvalue weighted by atomic mass is 9.98. The second kappa shape index (κ2) is 7.93. The SMILES string of the molecule is O=C(Nc1cccc(-c2noc(=O)[nH]2)c1)C1CCCN(S(=O)(=O)c2cccs2)C1. The number of nitrogens with zero attached hydrogens (tertiary/aromatic N) is 2. The van der Waals surface area contributed by atoms with Crippen molar-refractivity contribution < 1.29 is 17.7 Å². The number of thiophene rings is 1. The standard InChI is InChI=1S/C18H18N4O5S2/c23-17(19-14-6-1-4-12(10-14)16-20-18(24)27-21-16)13-5-2-8-22(11-13)29(25,26)15-7-3-9-28-15/h1,3-4,6-7,9-10,13H,2,5,8,11H2,(H,19,23)(H,20,21,24). The number of nitrogens with one attached hydrogen (secondary N) is 2. The van der Waals surface area contributed by atoms with Gasteiger partial charge in [0, 0.05) is 24.3 Å². The van der Waals surface area contributed by atoms with Crippen LogP contribution in [-0.2, 0) is 14.8 Å². The number of hydrogen-bond acceptors (Lipinski definition) is 7. The second-order valence-electron chi connectivity index (χ2n) is 6.65. The Kier molecular flexibility index (Phi) is 5.35. The molecule has 1 amide bonds. The fourth-order valence-corrected chi connectivity index (χ4v) is 5.92. The third-order valence-electron chi connectivity index (χ3n) is 4.69. The molecule has 0 spiro atoms. The van der Waals surface area contributed by atoms with Gasteiger partial charge in [0.1, 0.15) is 4.21 Å². The average Bonchev–Trinajstić information content (AvgIpc) is 3.40. The molecule has 1 aliphatic rings. The molecule has 1 atom stereocenters. The highest BCUT2D eigenvalue weighted by molar-refractivity contribution is 7.91. The van der Waals surface area contributed by atoms with Gasteiger partial charge in [-0.3, -0.25) is 14.3 Å². The minimum atomic E-state index is -3.58. The molecule has 3 aromatic rings. The molecule has 4 rings (SSSR count). The first-order valence-corrected chi connectivity index (χ1v) is 11.3. The van der Waals surface area contributed by atoms with Gasteiger partial charge in [-0.15, -0.1) is 11.3 Å². The Balaban J connectivity index is 1.47. The van der Waals surface area contributed by atoms with E-state index in [9.17, 15) is 18.0 Å². The van der Waals surface area contributed by atoms with Gasteiger partial charge in [0.25, 0.3) is 10.0 Å². The molecule has 3 heterocycles. The van der Waals surface area contributed by atoms with Crippen LogP contribution in [0.1, 0.15) is 12.8 Å². The van der Waals surface area contributed by atoms with Crippen molar-refractivity contribution in [1.29, 1.82) is 0 Å². The number of anilines is 1. The number of benzene rings is 1. The largest absolute Gasteiger partial charge is 0.439 e. The summed E-state index contributed by atoms with van der Waals surface area (Å²) in [5.74, 6) is -1.10. The smallest absolute Gasteiger partial charge is 0.326 e. The molecule has 152 valence electrons. The second-order valence-corrected chi connectivity index (χ2v) is 9.76. The molecule has 1 unspecified atom stereocenters. The zero-order chi connectivity index (χ0) is 20.4. The Morgan fingerprint density at radius 2 is 2.17 bits per heavy atom. The molecule has 1 aromatic carbocycles. The molecule has 0 bridgehead atoms. The normalized spacial score (nSPS) is 17.9. The number of aromatic nitrogens is 2. The van der Waals surface area contributed by atoms with Crippen molar-refractivity contribution in [3.63, 3.8) is 0 Å². The Labute approximate surface area is 170 Å². The van der Waals surface area contributed by atoms with Crippen molar-refractivity contribution in [1.82, 2.24) is 14.4 Å². The van der Waals surface area contributed by atoms with Crippen LogP contribution in [0.3, 0.4) is 0 Å². The maximum Gasteiger partial charge on any atom is 0.439 e. The Morgan fingerprint density at radius 3 is 2.90 bits per heavy atom. The van der Waals surface area contributed by atoms with E-state index in [1.807, 2.05) is 0 Å². The third-order valence-corrected chi connectivity index (χ3v) is 7.93. The summed E-state index contributed by atoms with van der Waals surface area (Å²) in [5, 5.41) is 8.17. The average molecular weight is 434 g/mol. The lowest BCUT2D eigenvalue weighted by Crippen LogP contribution is -2.43. The fraction of sp³-hybridized carbons (Fsp3) is 0.278. The van der Waals surface area contributed by atoms with Crippen molar-refractivity contribution in [3.8, 4) is 11.4 Å². The predicted molar refractivity (Wildman–Crippen MR) is 107 cm³/mol. The van der Waals surface area contributed by atoms with Gasteiger partial charge >= 0.3 is 5.76 Å². The Bertz CT molecular complexity index is 1170. The number of carbonyl (C=O) groups excluding carboxylic acids is 1. The highest BCUT2D eigenvalue weighted by atomic mass is 32.2. The fourth-order valence-electron chi connectivity index (χ4n) is 3.26. The van der Waals surface area contributed by atoms with E-state index in [0.29, 0.717) is 30.6 Å². The topological polar surface area (TPSA) is 125 Å². The first kappa shape index (κ1) is 19.6. The highest BCUT2D eigenvalue weighted by Gasteiger charge is 2.33. The Morgan fingerprint density at radius 1 is 1.31 bits per heavy atom. The lowest BCUT2D eigenvalue weighted by molar-refractivity contribution is -0.120. The van der Waals surface area contributed by atoms with Gasteiger partial charge in [0.05, 0.1) is 5.92 Å². The number of H-pyrrole nitrogens is 1. The summed E-state index contributed by atoms with van der Waals surface area (Å²) in [5.41, 5.74) is 1.11. The molecule has 9 nitrogen and oxygen atoms in total. The summed E-state index contributed by atoms with van der Waals surface area (Å²) in [7, 11) is -3.58. The number of rotatable bonds is 5. The van der Waals surface area contributed by atoms with Crippen LogP contribution in [0.25, 0.3) is 11.4 Å². The summed E-state index contributed by atoms with van der Waals surface area (Å²) < 4.78 is 31.6. The molecular weight excluding hydrogens is 416 g/mol. The summed E-state index contributed by atoms with van der Waals surface area (Å²) in [6.45, 7) is 0.543. The minimum absolute atomic E-state index is 0.141. The molecule has 1 saturated heterocycles. The summed E-state index contributed by atoms with van der Waals surface area (Å²) in [6.07, 6.45) is 1.22. The van der Waals surface area contributed by atoms with Crippen molar-refractivity contribution in [2.45, 2.75) is 17.1 Å². The van der Waals surface area contributed by atoms with Gasteiger partial charge in [-0.05, 0) is 36.4 Å². The predicted octanol–water partition coefficient (Wildman–Crippen LogP) is 2.13. The van der Waals surface area contributed by atoms with Crippen LogP contribution < -0.4 is 11.1 Å². The monoisotopic (exact) mass is 434 g/mol. The van der Waals surface area contributed by atoms with Gasteiger partial charge in [-0.25, -0.2) is 13.2 Å². The van der Waals surface area contributed by atoms with Crippen molar-refractivity contribution in [2.24, 2.45) is 5.92 Å². The van der Waals surface area contributed by atoms with Gasteiger partial charge in [0.15, 0.2) is 5.82 Å². The molecular formula is C18H18N4O5S2. The van der Waals surface area contributed by atoms with E-state index >= 15 is 0 Å². The van der Waals surface area contributed by atoms with E-state index in [2.05, 4.69) is 20.0 Å². The summed E-state index contributed by atoms with van der Waals surface area (Å²) in [6, 6.07) is 10.1. The van der Waals surface area contributed by atoms with E-state index in [-0.39, 0.29) is 22.5 Å². The van der Waals surface area contributed by atoms with Crippen LogP contribution in [0.5, 0.6) is 0 Å². The number of hydrogen-bond donors (Lipinski definition) is 2. The number of carbonyl (C=O) groups is 1. The van der Waals surface area contributed by atoms with Gasteiger partial charge < -0.3 is 5.32 Å². The van der Waals surface area contributed by atoms with Gasteiger partial charge in [-0.2, -0.15) is 4.31 Å². The maximum absolute atomic E-state index is 12.8. The zero-order valence-corrected chi connectivity index (χ0v) is 16.8. The summed E-state index contributed by atoms with van der Waals surface area (Å²) >= 11 is 1.17. The van der Waals surface area contributed by atoms with E-state index in [0.717, 1.165) is 0 Å². The van der Waals surface area contributed by atoms with Crippen LogP contribution in [-0.4, -0.2) is 41.9 Å². The molecule has 0 saturated carbocycles. The van der Waals surface area contributed by atoms with E-state index < -0.39 is 21.7 Å².